The molecule has 2 rings (SSSR count). The molecule has 0 amide bonds. The van der Waals surface area contributed by atoms with Gasteiger partial charge in [0.2, 0.25) is 0 Å². The first kappa shape index (κ1) is 13.4. The third-order valence-electron chi connectivity index (χ3n) is 2.58. The molecule has 0 saturated carbocycles. The third kappa shape index (κ3) is 3.48. The summed E-state index contributed by atoms with van der Waals surface area (Å²) in [7, 11) is 1.94. The lowest BCUT2D eigenvalue weighted by atomic mass is 10.1. The fourth-order valence-corrected chi connectivity index (χ4v) is 2.76. The highest BCUT2D eigenvalue weighted by molar-refractivity contribution is 7.16. The minimum atomic E-state index is 0.567. The van der Waals surface area contributed by atoms with Crippen LogP contribution in [0.1, 0.15) is 16.0 Å². The number of thiophene rings is 1. The van der Waals surface area contributed by atoms with Crippen molar-refractivity contribution >= 4 is 22.9 Å². The Morgan fingerprint density at radius 1 is 1.28 bits per heavy atom. The second kappa shape index (κ2) is 6.23. The molecule has 0 fully saturated rings. The Kier molecular flexibility index (Phi) is 4.64. The molecule has 0 saturated heterocycles. The molecule has 18 heavy (non-hydrogen) atoms. The first-order chi connectivity index (χ1) is 8.69. The molecule has 0 atom stereocenters. The summed E-state index contributed by atoms with van der Waals surface area (Å²) in [5.41, 5.74) is 2.42. The quantitative estimate of drug-likeness (QED) is 0.894. The van der Waals surface area contributed by atoms with Crippen LogP contribution in [0, 0.1) is 6.92 Å². The molecule has 0 bridgehead atoms. The summed E-state index contributed by atoms with van der Waals surface area (Å²) in [5.74, 6) is 0.930. The smallest absolute Gasteiger partial charge is 0.124 e. The van der Waals surface area contributed by atoms with Gasteiger partial charge in [-0.15, -0.1) is 11.3 Å². The Hall–Kier alpha value is -1.03. The monoisotopic (exact) mass is 281 g/mol. The molecule has 4 heteroatoms. The lowest BCUT2D eigenvalue weighted by Gasteiger charge is -2.11. The fraction of sp³-hybridized carbons (Fsp3) is 0.286. The van der Waals surface area contributed by atoms with Gasteiger partial charge in [0.15, 0.2) is 0 Å². The van der Waals surface area contributed by atoms with Crippen molar-refractivity contribution in [2.75, 3.05) is 7.05 Å². The van der Waals surface area contributed by atoms with Crippen molar-refractivity contribution in [1.82, 2.24) is 5.32 Å². The van der Waals surface area contributed by atoms with E-state index in [2.05, 4.69) is 24.4 Å². The molecule has 0 aliphatic rings. The molecule has 1 N–H and O–H groups in total. The number of benzene rings is 1. The molecular formula is C14H16ClNOS. The summed E-state index contributed by atoms with van der Waals surface area (Å²) in [5, 5.41) is 3.16. The highest BCUT2D eigenvalue weighted by Crippen LogP contribution is 2.25. The maximum atomic E-state index is 5.90. The number of rotatable bonds is 5. The zero-order valence-corrected chi connectivity index (χ0v) is 12.1. The summed E-state index contributed by atoms with van der Waals surface area (Å²) < 4.78 is 6.65. The molecule has 2 aromatic rings. The Morgan fingerprint density at radius 2 is 2.11 bits per heavy atom. The third-order valence-corrected chi connectivity index (χ3v) is 3.79. The van der Waals surface area contributed by atoms with Gasteiger partial charge in [0, 0.05) is 17.0 Å². The molecule has 1 heterocycles. The molecular weight excluding hydrogens is 266 g/mol. The number of hydrogen-bond donors (Lipinski definition) is 1. The number of nitrogens with one attached hydrogen (secondary N) is 1. The Balaban J connectivity index is 2.08. The van der Waals surface area contributed by atoms with E-state index in [0.717, 1.165) is 21.5 Å². The van der Waals surface area contributed by atoms with Gasteiger partial charge in [-0.05, 0) is 32.2 Å². The summed E-state index contributed by atoms with van der Waals surface area (Å²) in [6.07, 6.45) is 0. The molecule has 0 radical (unpaired) electrons. The SMILES string of the molecule is CNCc1cc(C)ccc1OCc1ccc(Cl)s1. The van der Waals surface area contributed by atoms with Crippen LogP contribution in [0.5, 0.6) is 5.75 Å². The van der Waals surface area contributed by atoms with Crippen molar-refractivity contribution < 1.29 is 4.74 Å². The van der Waals surface area contributed by atoms with Crippen LogP contribution >= 0.6 is 22.9 Å². The molecule has 0 unspecified atom stereocenters. The van der Waals surface area contributed by atoms with Gasteiger partial charge in [-0.25, -0.2) is 0 Å². The van der Waals surface area contributed by atoms with E-state index in [4.69, 9.17) is 16.3 Å². The van der Waals surface area contributed by atoms with Gasteiger partial charge < -0.3 is 10.1 Å². The number of hydrogen-bond acceptors (Lipinski definition) is 3. The summed E-state index contributed by atoms with van der Waals surface area (Å²) in [4.78, 5) is 1.14. The zero-order chi connectivity index (χ0) is 13.0. The van der Waals surface area contributed by atoms with E-state index in [0.29, 0.717) is 6.61 Å². The average molecular weight is 282 g/mol. The minimum absolute atomic E-state index is 0.567. The van der Waals surface area contributed by atoms with E-state index >= 15 is 0 Å². The molecule has 96 valence electrons. The predicted octanol–water partition coefficient (Wildman–Crippen LogP) is 4.01. The van der Waals surface area contributed by atoms with Crippen molar-refractivity contribution in [1.29, 1.82) is 0 Å². The standard InChI is InChI=1S/C14H16ClNOS/c1-10-3-5-13(11(7-10)8-16-2)17-9-12-4-6-14(15)18-12/h3-7,16H,8-9H2,1-2H3. The van der Waals surface area contributed by atoms with Crippen LogP contribution in [0.2, 0.25) is 4.34 Å². The number of ether oxygens (including phenoxy) is 1. The van der Waals surface area contributed by atoms with E-state index in [1.165, 1.54) is 11.1 Å². The first-order valence-corrected chi connectivity index (χ1v) is 6.99. The van der Waals surface area contributed by atoms with Crippen LogP contribution in [0.4, 0.5) is 0 Å². The largest absolute Gasteiger partial charge is 0.488 e. The summed E-state index contributed by atoms with van der Waals surface area (Å²) in [6.45, 7) is 3.46. The highest BCUT2D eigenvalue weighted by atomic mass is 35.5. The topological polar surface area (TPSA) is 21.3 Å². The van der Waals surface area contributed by atoms with Crippen LogP contribution in [0.15, 0.2) is 30.3 Å². The normalized spacial score (nSPS) is 10.6. The van der Waals surface area contributed by atoms with E-state index in [1.54, 1.807) is 11.3 Å². The zero-order valence-electron chi connectivity index (χ0n) is 10.5. The van der Waals surface area contributed by atoms with Crippen LogP contribution in [0.3, 0.4) is 0 Å². The molecule has 2 nitrogen and oxygen atoms in total. The Bertz CT molecular complexity index is 524. The Morgan fingerprint density at radius 3 is 2.78 bits per heavy atom. The maximum Gasteiger partial charge on any atom is 0.124 e. The van der Waals surface area contributed by atoms with E-state index in [1.807, 2.05) is 25.2 Å². The van der Waals surface area contributed by atoms with Gasteiger partial charge in [0.25, 0.3) is 0 Å². The van der Waals surface area contributed by atoms with E-state index in [-0.39, 0.29) is 0 Å². The molecule has 0 aliphatic heterocycles. The van der Waals surface area contributed by atoms with E-state index < -0.39 is 0 Å². The first-order valence-electron chi connectivity index (χ1n) is 5.80. The fourth-order valence-electron chi connectivity index (χ4n) is 1.76. The lowest BCUT2D eigenvalue weighted by Crippen LogP contribution is -2.07. The summed E-state index contributed by atoms with van der Waals surface area (Å²) in [6, 6.07) is 10.1. The number of halogens is 1. The minimum Gasteiger partial charge on any atom is -0.488 e. The number of aryl methyl sites for hydroxylation is 1. The van der Waals surface area contributed by atoms with Crippen molar-refractivity contribution in [3.8, 4) is 5.75 Å². The summed E-state index contributed by atoms with van der Waals surface area (Å²) >= 11 is 7.45. The van der Waals surface area contributed by atoms with Crippen LogP contribution in [0.25, 0.3) is 0 Å². The molecule has 0 spiro atoms. The molecule has 0 aliphatic carbocycles. The van der Waals surface area contributed by atoms with Gasteiger partial charge in [0.05, 0.1) is 4.34 Å². The predicted molar refractivity (Wildman–Crippen MR) is 77.6 cm³/mol. The second-order valence-corrected chi connectivity index (χ2v) is 5.94. The van der Waals surface area contributed by atoms with Crippen molar-refractivity contribution in [2.24, 2.45) is 0 Å². The lowest BCUT2D eigenvalue weighted by molar-refractivity contribution is 0.306. The van der Waals surface area contributed by atoms with Crippen molar-refractivity contribution in [2.45, 2.75) is 20.1 Å². The Labute approximate surface area is 117 Å². The molecule has 1 aromatic heterocycles. The van der Waals surface area contributed by atoms with Crippen molar-refractivity contribution in [3.05, 3.63) is 50.7 Å². The second-order valence-electron chi connectivity index (χ2n) is 4.14. The molecule has 1 aromatic carbocycles. The van der Waals surface area contributed by atoms with Gasteiger partial charge in [-0.1, -0.05) is 29.3 Å². The van der Waals surface area contributed by atoms with Crippen molar-refractivity contribution in [3.63, 3.8) is 0 Å². The van der Waals surface area contributed by atoms with Gasteiger partial charge in [-0.2, -0.15) is 0 Å². The van der Waals surface area contributed by atoms with Gasteiger partial charge in [-0.3, -0.25) is 0 Å². The highest BCUT2D eigenvalue weighted by Gasteiger charge is 2.05. The van der Waals surface area contributed by atoms with E-state index in [9.17, 15) is 0 Å². The van der Waals surface area contributed by atoms with Crippen LogP contribution < -0.4 is 10.1 Å². The van der Waals surface area contributed by atoms with Gasteiger partial charge in [0.1, 0.15) is 12.4 Å². The maximum absolute atomic E-state index is 5.90. The average Bonchev–Trinajstić information content (AvgIpc) is 2.75. The van der Waals surface area contributed by atoms with Gasteiger partial charge >= 0.3 is 0 Å². The van der Waals surface area contributed by atoms with Crippen LogP contribution in [-0.2, 0) is 13.2 Å². The van der Waals surface area contributed by atoms with Crippen LogP contribution in [-0.4, -0.2) is 7.05 Å².